The lowest BCUT2D eigenvalue weighted by atomic mass is 10.2. The molecule has 0 bridgehead atoms. The average Bonchev–Trinajstić information content (AvgIpc) is 2.88. The van der Waals surface area contributed by atoms with Gasteiger partial charge < -0.3 is 14.7 Å². The van der Waals surface area contributed by atoms with Crippen LogP contribution in [0.2, 0.25) is 0 Å². The highest BCUT2D eigenvalue weighted by atomic mass is 32.2. The fourth-order valence-corrected chi connectivity index (χ4v) is 5.56. The van der Waals surface area contributed by atoms with Gasteiger partial charge in [-0.2, -0.15) is 9.57 Å². The largest absolute Gasteiger partial charge is 0.373 e. The van der Waals surface area contributed by atoms with Gasteiger partial charge in [-0.25, -0.2) is 12.8 Å². The van der Waals surface area contributed by atoms with Crippen molar-refractivity contribution in [3.05, 3.63) is 72.2 Å². The molecule has 2 fully saturated rings. The Morgan fingerprint density at radius 3 is 2.09 bits per heavy atom. The standard InChI is InChI=1S/C24H26FN5O3S/c25-21-6-8-22(9-7-21)28-12-14-29(15-13-28)24(31)20(18-26)19-27-10-16-30(17-11-27)34(32,33)23-4-2-1-3-5-23/h1-9,19H,10-17H2/b20-19-. The third-order valence-electron chi connectivity index (χ3n) is 6.08. The second-order valence-electron chi connectivity index (χ2n) is 8.16. The summed E-state index contributed by atoms with van der Waals surface area (Å²) in [5.41, 5.74) is 0.933. The van der Waals surface area contributed by atoms with Crippen molar-refractivity contribution in [3.63, 3.8) is 0 Å². The number of carbonyl (C=O) groups excluding carboxylic acids is 1. The van der Waals surface area contributed by atoms with Crippen LogP contribution in [-0.4, -0.2) is 80.8 Å². The normalized spacial score (nSPS) is 18.0. The number of sulfonamides is 1. The van der Waals surface area contributed by atoms with Gasteiger partial charge in [0.05, 0.1) is 4.90 Å². The van der Waals surface area contributed by atoms with Gasteiger partial charge in [0, 0.05) is 64.2 Å². The van der Waals surface area contributed by atoms with E-state index < -0.39 is 10.0 Å². The van der Waals surface area contributed by atoms with E-state index in [1.54, 1.807) is 53.6 Å². The monoisotopic (exact) mass is 483 g/mol. The van der Waals surface area contributed by atoms with Crippen molar-refractivity contribution in [1.29, 1.82) is 5.26 Å². The Bertz CT molecular complexity index is 1180. The summed E-state index contributed by atoms with van der Waals surface area (Å²) in [6, 6.07) is 16.5. The predicted octanol–water partition coefficient (Wildman–Crippen LogP) is 1.89. The zero-order chi connectivity index (χ0) is 24.1. The molecule has 1 amide bonds. The lowest BCUT2D eigenvalue weighted by Gasteiger charge is -2.36. The molecular weight excluding hydrogens is 457 g/mol. The first-order valence-corrected chi connectivity index (χ1v) is 12.5. The maximum Gasteiger partial charge on any atom is 0.266 e. The quantitative estimate of drug-likeness (QED) is 0.477. The molecule has 2 aromatic rings. The lowest BCUT2D eigenvalue weighted by molar-refractivity contribution is -0.127. The molecule has 0 aliphatic carbocycles. The molecule has 2 aromatic carbocycles. The van der Waals surface area contributed by atoms with Crippen molar-refractivity contribution in [1.82, 2.24) is 14.1 Å². The molecule has 2 heterocycles. The number of carbonyl (C=O) groups is 1. The van der Waals surface area contributed by atoms with E-state index in [1.807, 2.05) is 11.0 Å². The SMILES string of the molecule is N#C/C(=C/N1CCN(S(=O)(=O)c2ccccc2)CC1)C(=O)N1CCN(c2ccc(F)cc2)CC1. The Morgan fingerprint density at radius 2 is 1.50 bits per heavy atom. The molecule has 0 saturated carbocycles. The summed E-state index contributed by atoms with van der Waals surface area (Å²) < 4.78 is 40.2. The average molecular weight is 484 g/mol. The third kappa shape index (κ3) is 5.21. The van der Waals surface area contributed by atoms with Gasteiger partial charge in [0.25, 0.3) is 5.91 Å². The molecule has 2 aliphatic heterocycles. The molecule has 2 aliphatic rings. The zero-order valence-electron chi connectivity index (χ0n) is 18.7. The van der Waals surface area contributed by atoms with E-state index >= 15 is 0 Å². The minimum Gasteiger partial charge on any atom is -0.373 e. The molecule has 0 unspecified atom stereocenters. The van der Waals surface area contributed by atoms with Crippen molar-refractivity contribution >= 4 is 21.6 Å². The van der Waals surface area contributed by atoms with Crippen LogP contribution in [0, 0.1) is 17.1 Å². The molecule has 8 nitrogen and oxygen atoms in total. The van der Waals surface area contributed by atoms with Gasteiger partial charge in [0.1, 0.15) is 17.5 Å². The first kappa shape index (κ1) is 23.7. The predicted molar refractivity (Wildman–Crippen MR) is 126 cm³/mol. The maximum atomic E-state index is 13.2. The number of anilines is 1. The van der Waals surface area contributed by atoms with E-state index in [-0.39, 0.29) is 35.3 Å². The Labute approximate surface area is 199 Å². The molecule has 0 spiro atoms. The number of hydrogen-bond acceptors (Lipinski definition) is 6. The highest BCUT2D eigenvalue weighted by molar-refractivity contribution is 7.89. The van der Waals surface area contributed by atoms with Crippen molar-refractivity contribution in [3.8, 4) is 6.07 Å². The van der Waals surface area contributed by atoms with Gasteiger partial charge in [-0.15, -0.1) is 0 Å². The molecule has 2 saturated heterocycles. The van der Waals surface area contributed by atoms with Crippen molar-refractivity contribution in [2.24, 2.45) is 0 Å². The number of nitriles is 1. The van der Waals surface area contributed by atoms with Gasteiger partial charge in [0.2, 0.25) is 10.0 Å². The Kier molecular flexibility index (Phi) is 7.14. The van der Waals surface area contributed by atoms with E-state index in [0.717, 1.165) is 5.69 Å². The summed E-state index contributed by atoms with van der Waals surface area (Å²) >= 11 is 0. The summed E-state index contributed by atoms with van der Waals surface area (Å²) in [5.74, 6) is -0.625. The first-order valence-electron chi connectivity index (χ1n) is 11.1. The van der Waals surface area contributed by atoms with Gasteiger partial charge in [0.15, 0.2) is 0 Å². The number of rotatable bonds is 5. The van der Waals surface area contributed by atoms with Gasteiger partial charge >= 0.3 is 0 Å². The minimum atomic E-state index is -3.56. The molecular formula is C24H26FN5O3S. The van der Waals surface area contributed by atoms with E-state index in [2.05, 4.69) is 4.90 Å². The van der Waals surface area contributed by atoms with Crippen molar-refractivity contribution < 1.29 is 17.6 Å². The van der Waals surface area contributed by atoms with E-state index in [1.165, 1.54) is 16.4 Å². The molecule has 10 heteroatoms. The van der Waals surface area contributed by atoms with Crippen LogP contribution < -0.4 is 4.90 Å². The molecule has 34 heavy (non-hydrogen) atoms. The van der Waals surface area contributed by atoms with Crippen LogP contribution >= 0.6 is 0 Å². The first-order chi connectivity index (χ1) is 16.4. The topological polar surface area (TPSA) is 88.0 Å². The highest BCUT2D eigenvalue weighted by Crippen LogP contribution is 2.19. The van der Waals surface area contributed by atoms with E-state index in [9.17, 15) is 22.9 Å². The van der Waals surface area contributed by atoms with Crippen LogP contribution in [0.25, 0.3) is 0 Å². The summed E-state index contributed by atoms with van der Waals surface area (Å²) in [5, 5.41) is 9.60. The molecule has 0 aromatic heterocycles. The Morgan fingerprint density at radius 1 is 0.882 bits per heavy atom. The smallest absolute Gasteiger partial charge is 0.266 e. The van der Waals surface area contributed by atoms with Gasteiger partial charge in [-0.3, -0.25) is 4.79 Å². The van der Waals surface area contributed by atoms with Crippen LogP contribution in [0.15, 0.2) is 71.3 Å². The van der Waals surface area contributed by atoms with E-state index in [0.29, 0.717) is 39.3 Å². The second kappa shape index (κ2) is 10.2. The summed E-state index contributed by atoms with van der Waals surface area (Å²) in [7, 11) is -3.56. The van der Waals surface area contributed by atoms with Crippen LogP contribution in [0.3, 0.4) is 0 Å². The zero-order valence-corrected chi connectivity index (χ0v) is 19.5. The van der Waals surface area contributed by atoms with E-state index in [4.69, 9.17) is 0 Å². The van der Waals surface area contributed by atoms with Crippen LogP contribution in [0.1, 0.15) is 0 Å². The van der Waals surface area contributed by atoms with Gasteiger partial charge in [-0.1, -0.05) is 18.2 Å². The fraction of sp³-hybridized carbons (Fsp3) is 0.333. The summed E-state index contributed by atoms with van der Waals surface area (Å²) in [6.45, 7) is 3.43. The molecule has 0 radical (unpaired) electrons. The summed E-state index contributed by atoms with van der Waals surface area (Å²) in [6.07, 6.45) is 1.54. The third-order valence-corrected chi connectivity index (χ3v) is 7.99. The number of amides is 1. The molecule has 0 N–H and O–H groups in total. The van der Waals surface area contributed by atoms with Crippen molar-refractivity contribution in [2.45, 2.75) is 4.90 Å². The number of piperazine rings is 2. The minimum absolute atomic E-state index is 0.0367. The van der Waals surface area contributed by atoms with Crippen LogP contribution in [0.5, 0.6) is 0 Å². The van der Waals surface area contributed by atoms with Crippen LogP contribution in [-0.2, 0) is 14.8 Å². The van der Waals surface area contributed by atoms with Crippen LogP contribution in [0.4, 0.5) is 10.1 Å². The van der Waals surface area contributed by atoms with Gasteiger partial charge in [-0.05, 0) is 36.4 Å². The molecule has 4 rings (SSSR count). The Hall–Kier alpha value is -3.42. The number of benzene rings is 2. The molecule has 0 atom stereocenters. The lowest BCUT2D eigenvalue weighted by Crippen LogP contribution is -2.49. The number of halogens is 1. The summed E-state index contributed by atoms with van der Waals surface area (Å²) in [4.78, 5) is 18.7. The highest BCUT2D eigenvalue weighted by Gasteiger charge is 2.29. The number of nitrogens with zero attached hydrogens (tertiary/aromatic N) is 5. The fourth-order valence-electron chi connectivity index (χ4n) is 4.12. The number of hydrogen-bond donors (Lipinski definition) is 0. The molecule has 178 valence electrons. The van der Waals surface area contributed by atoms with Crippen molar-refractivity contribution in [2.75, 3.05) is 57.3 Å². The maximum absolute atomic E-state index is 13.2. The Balaban J connectivity index is 1.33. The second-order valence-corrected chi connectivity index (χ2v) is 10.1.